The van der Waals surface area contributed by atoms with E-state index in [1.807, 2.05) is 6.92 Å². The molecule has 0 N–H and O–H groups in total. The van der Waals surface area contributed by atoms with Crippen LogP contribution in [0.3, 0.4) is 0 Å². The van der Waals surface area contributed by atoms with Gasteiger partial charge in [-0.1, -0.05) is 0 Å². The van der Waals surface area contributed by atoms with Crippen LogP contribution < -0.4 is 4.90 Å². The number of hydrogen-bond donors (Lipinski definition) is 0. The molecule has 6 nitrogen and oxygen atoms in total. The second-order valence-corrected chi connectivity index (χ2v) is 8.79. The molecule has 1 aliphatic heterocycles. The molecule has 122 valence electrons. The minimum absolute atomic E-state index is 0.111. The summed E-state index contributed by atoms with van der Waals surface area (Å²) < 4.78 is 26.0. The molecule has 2 heterocycles. The second-order valence-electron chi connectivity index (χ2n) is 6.47. The fourth-order valence-corrected chi connectivity index (χ4v) is 4.69. The number of rotatable bonds is 5. The molecule has 1 saturated carbocycles. The Morgan fingerprint density at radius 1 is 1.23 bits per heavy atom. The summed E-state index contributed by atoms with van der Waals surface area (Å²) in [5.41, 5.74) is 0.926. The first-order chi connectivity index (χ1) is 10.5. The number of nitrogens with zero attached hydrogens (tertiary/aromatic N) is 4. The highest BCUT2D eigenvalue weighted by molar-refractivity contribution is 7.90. The molecule has 7 heteroatoms. The van der Waals surface area contributed by atoms with E-state index >= 15 is 0 Å². The average molecular weight is 324 g/mol. The first-order valence-corrected chi connectivity index (χ1v) is 9.46. The summed E-state index contributed by atoms with van der Waals surface area (Å²) in [6.45, 7) is 4.42. The number of hydrogen-bond acceptors (Lipinski definition) is 5. The van der Waals surface area contributed by atoms with Gasteiger partial charge in [-0.05, 0) is 38.5 Å². The topological polar surface area (TPSA) is 66.4 Å². The smallest absolute Gasteiger partial charge is 0.216 e. The standard InChI is InChI=1S/C15H24N4O2S/c1-12-9-16-10-15(17-12)19-7-5-13(6-8-19)11-18(2)22(20,21)14-3-4-14/h9-10,13-14H,3-8,11H2,1-2H3. The minimum Gasteiger partial charge on any atom is -0.355 e. The summed E-state index contributed by atoms with van der Waals surface area (Å²) in [5.74, 6) is 1.37. The molecule has 0 spiro atoms. The molecule has 0 radical (unpaired) electrons. The van der Waals surface area contributed by atoms with Crippen molar-refractivity contribution < 1.29 is 8.42 Å². The molecule has 0 atom stereocenters. The Morgan fingerprint density at radius 3 is 2.50 bits per heavy atom. The van der Waals surface area contributed by atoms with Gasteiger partial charge < -0.3 is 4.90 Å². The van der Waals surface area contributed by atoms with Crippen molar-refractivity contribution in [2.45, 2.75) is 37.9 Å². The predicted molar refractivity (Wildman–Crippen MR) is 86.3 cm³/mol. The summed E-state index contributed by atoms with van der Waals surface area (Å²) >= 11 is 0. The Bertz CT molecular complexity index is 622. The van der Waals surface area contributed by atoms with Crippen molar-refractivity contribution in [2.75, 3.05) is 31.6 Å². The molecule has 2 aliphatic rings. The van der Waals surface area contributed by atoms with Crippen molar-refractivity contribution in [3.63, 3.8) is 0 Å². The van der Waals surface area contributed by atoms with Gasteiger partial charge in [0.25, 0.3) is 0 Å². The van der Waals surface area contributed by atoms with Crippen LogP contribution in [0.15, 0.2) is 12.4 Å². The van der Waals surface area contributed by atoms with Crippen molar-refractivity contribution in [3.8, 4) is 0 Å². The zero-order chi connectivity index (χ0) is 15.7. The van der Waals surface area contributed by atoms with Crippen LogP contribution in [-0.2, 0) is 10.0 Å². The van der Waals surface area contributed by atoms with E-state index in [0.29, 0.717) is 12.5 Å². The van der Waals surface area contributed by atoms with E-state index in [4.69, 9.17) is 0 Å². The van der Waals surface area contributed by atoms with Gasteiger partial charge in [0.2, 0.25) is 10.0 Å². The highest BCUT2D eigenvalue weighted by Gasteiger charge is 2.39. The van der Waals surface area contributed by atoms with Crippen LogP contribution in [0.4, 0.5) is 5.82 Å². The molecule has 3 rings (SSSR count). The van der Waals surface area contributed by atoms with Crippen LogP contribution in [0.2, 0.25) is 0 Å². The van der Waals surface area contributed by atoms with Crippen molar-refractivity contribution in [2.24, 2.45) is 5.92 Å². The van der Waals surface area contributed by atoms with Gasteiger partial charge in [-0.2, -0.15) is 0 Å². The van der Waals surface area contributed by atoms with Gasteiger partial charge in [-0.25, -0.2) is 17.7 Å². The molecule has 22 heavy (non-hydrogen) atoms. The third-order valence-corrected chi connectivity index (χ3v) is 6.91. The van der Waals surface area contributed by atoms with Crippen molar-refractivity contribution in [1.82, 2.24) is 14.3 Å². The number of piperidine rings is 1. The summed E-state index contributed by atoms with van der Waals surface area (Å²) in [4.78, 5) is 10.9. The van der Waals surface area contributed by atoms with E-state index < -0.39 is 10.0 Å². The van der Waals surface area contributed by atoms with Gasteiger partial charge in [0.1, 0.15) is 5.82 Å². The summed E-state index contributed by atoms with van der Waals surface area (Å²) in [5, 5.41) is -0.111. The Kier molecular flexibility index (Phi) is 4.36. The maximum atomic E-state index is 12.2. The number of aromatic nitrogens is 2. The van der Waals surface area contributed by atoms with E-state index in [2.05, 4.69) is 14.9 Å². The van der Waals surface area contributed by atoms with Crippen LogP contribution in [0, 0.1) is 12.8 Å². The van der Waals surface area contributed by atoms with E-state index in [1.54, 1.807) is 23.7 Å². The molecule has 0 amide bonds. The van der Waals surface area contributed by atoms with Crippen LogP contribution in [-0.4, -0.2) is 54.6 Å². The normalized spacial score (nSPS) is 20.6. The lowest BCUT2D eigenvalue weighted by Gasteiger charge is -2.34. The molecule has 2 fully saturated rings. The molecule has 0 unspecified atom stereocenters. The van der Waals surface area contributed by atoms with E-state index in [0.717, 1.165) is 50.3 Å². The van der Waals surface area contributed by atoms with Gasteiger partial charge in [0, 0.05) is 32.9 Å². The predicted octanol–water partition coefficient (Wildman–Crippen LogP) is 1.43. The molecule has 0 bridgehead atoms. The maximum Gasteiger partial charge on any atom is 0.216 e. The molecule has 0 aromatic carbocycles. The van der Waals surface area contributed by atoms with Crippen molar-refractivity contribution in [3.05, 3.63) is 18.1 Å². The number of aryl methyl sites for hydroxylation is 1. The second kappa shape index (κ2) is 6.12. The molecule has 1 aromatic rings. The van der Waals surface area contributed by atoms with Gasteiger partial charge in [0.05, 0.1) is 17.1 Å². The first kappa shape index (κ1) is 15.7. The third-order valence-electron chi connectivity index (χ3n) is 4.58. The lowest BCUT2D eigenvalue weighted by molar-refractivity contribution is 0.327. The molecule has 1 aliphatic carbocycles. The lowest BCUT2D eigenvalue weighted by atomic mass is 9.97. The summed E-state index contributed by atoms with van der Waals surface area (Å²) in [7, 11) is -1.31. The fourth-order valence-electron chi connectivity index (χ4n) is 3.04. The van der Waals surface area contributed by atoms with Crippen LogP contribution >= 0.6 is 0 Å². The monoisotopic (exact) mass is 324 g/mol. The molecule has 1 aromatic heterocycles. The van der Waals surface area contributed by atoms with Gasteiger partial charge in [-0.15, -0.1) is 0 Å². The summed E-state index contributed by atoms with van der Waals surface area (Å²) in [6.07, 6.45) is 7.22. The zero-order valence-corrected chi connectivity index (χ0v) is 14.1. The molecule has 1 saturated heterocycles. The molecular weight excluding hydrogens is 300 g/mol. The largest absolute Gasteiger partial charge is 0.355 e. The van der Waals surface area contributed by atoms with Crippen LogP contribution in [0.5, 0.6) is 0 Å². The summed E-state index contributed by atoms with van der Waals surface area (Å²) in [6, 6.07) is 0. The Balaban J connectivity index is 1.53. The SMILES string of the molecule is Cc1cncc(N2CCC(CN(C)S(=O)(=O)C3CC3)CC2)n1. The zero-order valence-electron chi connectivity index (χ0n) is 13.3. The lowest BCUT2D eigenvalue weighted by Crippen LogP contribution is -2.40. The van der Waals surface area contributed by atoms with Crippen molar-refractivity contribution >= 4 is 15.8 Å². The quantitative estimate of drug-likeness (QED) is 0.819. The first-order valence-electron chi connectivity index (χ1n) is 7.95. The van der Waals surface area contributed by atoms with Gasteiger partial charge in [-0.3, -0.25) is 4.98 Å². The van der Waals surface area contributed by atoms with E-state index in [-0.39, 0.29) is 5.25 Å². The highest BCUT2D eigenvalue weighted by Crippen LogP contribution is 2.31. The number of sulfonamides is 1. The van der Waals surface area contributed by atoms with Crippen molar-refractivity contribution in [1.29, 1.82) is 0 Å². The van der Waals surface area contributed by atoms with Crippen LogP contribution in [0.25, 0.3) is 0 Å². The van der Waals surface area contributed by atoms with Crippen LogP contribution in [0.1, 0.15) is 31.4 Å². The fraction of sp³-hybridized carbons (Fsp3) is 0.733. The van der Waals surface area contributed by atoms with Gasteiger partial charge in [0.15, 0.2) is 0 Å². The third kappa shape index (κ3) is 3.41. The van der Waals surface area contributed by atoms with E-state index in [1.165, 1.54) is 0 Å². The Hall–Kier alpha value is -1.21. The highest BCUT2D eigenvalue weighted by atomic mass is 32.2. The Labute approximate surface area is 132 Å². The Morgan fingerprint density at radius 2 is 1.91 bits per heavy atom. The van der Waals surface area contributed by atoms with Gasteiger partial charge >= 0.3 is 0 Å². The molecular formula is C15H24N4O2S. The minimum atomic E-state index is -3.04. The maximum absolute atomic E-state index is 12.2. The average Bonchev–Trinajstić information content (AvgIpc) is 3.33. The number of anilines is 1. The van der Waals surface area contributed by atoms with E-state index in [9.17, 15) is 8.42 Å².